The number of nitrogens with zero attached hydrogens (tertiary/aromatic N) is 2. The average molecular weight is 350 g/mol. The Morgan fingerprint density at radius 1 is 1.30 bits per heavy atom. The molecule has 4 nitrogen and oxygen atoms in total. The average Bonchev–Trinajstić information content (AvgIpc) is 2.72. The van der Waals surface area contributed by atoms with E-state index in [0.717, 1.165) is 31.7 Å². The summed E-state index contributed by atoms with van der Waals surface area (Å²) in [7, 11) is 0. The van der Waals surface area contributed by atoms with Crippen molar-refractivity contribution in [2.75, 3.05) is 5.73 Å². The maximum absolute atomic E-state index is 6.06. The third-order valence-electron chi connectivity index (χ3n) is 3.01. The van der Waals surface area contributed by atoms with Crippen LogP contribution in [-0.2, 0) is 0 Å². The van der Waals surface area contributed by atoms with E-state index in [1.165, 1.54) is 11.8 Å². The number of anilines is 1. The first-order chi connectivity index (χ1) is 9.54. The Labute approximate surface area is 128 Å². The lowest BCUT2D eigenvalue weighted by Crippen LogP contribution is -1.92. The van der Waals surface area contributed by atoms with Gasteiger partial charge in [-0.2, -0.15) is 0 Å². The SMILES string of the molecule is Cc1nc(Sc2c(N)cnc3ccc(Br)cc23)oc1C. The Bertz CT molecular complexity index is 776. The van der Waals surface area contributed by atoms with Crippen LogP contribution >= 0.6 is 27.7 Å². The zero-order valence-corrected chi connectivity index (χ0v) is 13.4. The molecule has 0 fully saturated rings. The lowest BCUT2D eigenvalue weighted by Gasteiger charge is -2.07. The number of nitrogen functional groups attached to an aromatic ring is 1. The Morgan fingerprint density at radius 3 is 2.80 bits per heavy atom. The standard InChI is InChI=1S/C14H12BrN3OS/c1-7-8(2)19-14(18-7)20-13-10-5-9(15)3-4-12(10)17-6-11(13)16/h3-6H,16H2,1-2H3. The van der Waals surface area contributed by atoms with Gasteiger partial charge < -0.3 is 10.2 Å². The van der Waals surface area contributed by atoms with E-state index in [-0.39, 0.29) is 0 Å². The molecular weight excluding hydrogens is 338 g/mol. The highest BCUT2D eigenvalue weighted by Crippen LogP contribution is 2.37. The van der Waals surface area contributed by atoms with Crippen LogP contribution in [0.2, 0.25) is 0 Å². The molecule has 0 unspecified atom stereocenters. The summed E-state index contributed by atoms with van der Waals surface area (Å²) < 4.78 is 6.60. The molecule has 2 heterocycles. The van der Waals surface area contributed by atoms with Gasteiger partial charge in [0.1, 0.15) is 5.76 Å². The molecular formula is C14H12BrN3OS. The van der Waals surface area contributed by atoms with Crippen LogP contribution in [0.15, 0.2) is 43.4 Å². The molecule has 2 N–H and O–H groups in total. The Balaban J connectivity index is 2.14. The molecule has 20 heavy (non-hydrogen) atoms. The summed E-state index contributed by atoms with van der Waals surface area (Å²) in [5.74, 6) is 0.825. The van der Waals surface area contributed by atoms with Crippen LogP contribution in [0, 0.1) is 13.8 Å². The number of hydrogen-bond acceptors (Lipinski definition) is 5. The molecule has 2 aromatic heterocycles. The first-order valence-corrected chi connectivity index (χ1v) is 7.61. The topological polar surface area (TPSA) is 64.9 Å². The van der Waals surface area contributed by atoms with E-state index in [9.17, 15) is 0 Å². The number of aromatic nitrogens is 2. The van der Waals surface area contributed by atoms with Crippen molar-refractivity contribution in [3.63, 3.8) is 0 Å². The summed E-state index contributed by atoms with van der Waals surface area (Å²) in [5.41, 5.74) is 8.47. The molecule has 102 valence electrons. The lowest BCUT2D eigenvalue weighted by atomic mass is 10.2. The molecule has 0 aliphatic heterocycles. The van der Waals surface area contributed by atoms with Crippen molar-refractivity contribution < 1.29 is 4.42 Å². The third kappa shape index (κ3) is 2.41. The summed E-state index contributed by atoms with van der Waals surface area (Å²) in [6.07, 6.45) is 1.67. The summed E-state index contributed by atoms with van der Waals surface area (Å²) >= 11 is 4.90. The van der Waals surface area contributed by atoms with Gasteiger partial charge in [-0.15, -0.1) is 0 Å². The number of pyridine rings is 1. The van der Waals surface area contributed by atoms with E-state index in [4.69, 9.17) is 10.2 Å². The predicted octanol–water partition coefficient (Wildman–Crippen LogP) is 4.34. The summed E-state index contributed by atoms with van der Waals surface area (Å²) in [6, 6.07) is 5.91. The highest BCUT2D eigenvalue weighted by Gasteiger charge is 2.13. The Hall–Kier alpha value is -1.53. The van der Waals surface area contributed by atoms with Crippen molar-refractivity contribution in [1.82, 2.24) is 9.97 Å². The predicted molar refractivity (Wildman–Crippen MR) is 84.0 cm³/mol. The molecule has 0 radical (unpaired) electrons. The van der Waals surface area contributed by atoms with Crippen LogP contribution in [0.5, 0.6) is 0 Å². The number of hydrogen-bond donors (Lipinski definition) is 1. The van der Waals surface area contributed by atoms with Gasteiger partial charge in [0.25, 0.3) is 5.22 Å². The van der Waals surface area contributed by atoms with Crippen LogP contribution in [0.3, 0.4) is 0 Å². The van der Waals surface area contributed by atoms with Crippen molar-refractivity contribution in [2.45, 2.75) is 24.0 Å². The maximum atomic E-state index is 6.06. The molecule has 0 bridgehead atoms. The normalized spacial score (nSPS) is 11.2. The fraction of sp³-hybridized carbons (Fsp3) is 0.143. The fourth-order valence-electron chi connectivity index (χ4n) is 1.84. The minimum absolute atomic E-state index is 0.596. The first-order valence-electron chi connectivity index (χ1n) is 6.00. The number of nitrogens with two attached hydrogens (primary N) is 1. The number of fused-ring (bicyclic) bond motifs is 1. The van der Waals surface area contributed by atoms with Gasteiger partial charge in [0, 0.05) is 9.86 Å². The second-order valence-electron chi connectivity index (χ2n) is 4.43. The zero-order valence-electron chi connectivity index (χ0n) is 11.0. The van der Waals surface area contributed by atoms with Crippen molar-refractivity contribution in [3.05, 3.63) is 40.3 Å². The van der Waals surface area contributed by atoms with E-state index < -0.39 is 0 Å². The maximum Gasteiger partial charge on any atom is 0.261 e. The highest BCUT2D eigenvalue weighted by molar-refractivity contribution is 9.10. The minimum Gasteiger partial charge on any atom is -0.436 e. The molecule has 0 aliphatic rings. The Kier molecular flexibility index (Phi) is 3.43. The van der Waals surface area contributed by atoms with E-state index in [2.05, 4.69) is 25.9 Å². The molecule has 0 aliphatic carbocycles. The van der Waals surface area contributed by atoms with Gasteiger partial charge in [-0.05, 0) is 43.8 Å². The molecule has 3 rings (SSSR count). The van der Waals surface area contributed by atoms with Gasteiger partial charge in [-0.1, -0.05) is 15.9 Å². The number of aryl methyl sites for hydroxylation is 2. The van der Waals surface area contributed by atoms with Crippen molar-refractivity contribution in [3.8, 4) is 0 Å². The summed E-state index contributed by atoms with van der Waals surface area (Å²) in [5, 5.41) is 1.58. The van der Waals surface area contributed by atoms with Crippen LogP contribution in [-0.4, -0.2) is 9.97 Å². The minimum atomic E-state index is 0.596. The Morgan fingerprint density at radius 2 is 2.10 bits per heavy atom. The molecule has 0 amide bonds. The van der Waals surface area contributed by atoms with Crippen molar-refractivity contribution >= 4 is 44.3 Å². The molecule has 3 aromatic rings. The second-order valence-corrected chi connectivity index (χ2v) is 6.30. The largest absolute Gasteiger partial charge is 0.436 e. The van der Waals surface area contributed by atoms with E-state index in [0.29, 0.717) is 10.9 Å². The lowest BCUT2D eigenvalue weighted by molar-refractivity contribution is 0.431. The monoisotopic (exact) mass is 349 g/mol. The van der Waals surface area contributed by atoms with Crippen LogP contribution in [0.4, 0.5) is 5.69 Å². The van der Waals surface area contributed by atoms with E-state index in [1.54, 1.807) is 6.20 Å². The smallest absolute Gasteiger partial charge is 0.261 e. The van der Waals surface area contributed by atoms with Crippen LogP contribution < -0.4 is 5.73 Å². The van der Waals surface area contributed by atoms with Gasteiger partial charge in [0.05, 0.1) is 28.0 Å². The van der Waals surface area contributed by atoms with Crippen LogP contribution in [0.25, 0.3) is 10.9 Å². The van der Waals surface area contributed by atoms with E-state index in [1.807, 2.05) is 32.0 Å². The van der Waals surface area contributed by atoms with Gasteiger partial charge >= 0.3 is 0 Å². The molecule has 0 saturated heterocycles. The second kappa shape index (κ2) is 5.10. The fourth-order valence-corrected chi connectivity index (χ4v) is 3.17. The number of halogens is 1. The quantitative estimate of drug-likeness (QED) is 0.745. The van der Waals surface area contributed by atoms with Gasteiger partial charge in [0.2, 0.25) is 0 Å². The zero-order chi connectivity index (χ0) is 14.3. The highest BCUT2D eigenvalue weighted by atomic mass is 79.9. The van der Waals surface area contributed by atoms with Gasteiger partial charge in [-0.25, -0.2) is 4.98 Å². The number of benzene rings is 1. The summed E-state index contributed by atoms with van der Waals surface area (Å²) in [6.45, 7) is 3.82. The van der Waals surface area contributed by atoms with Crippen LogP contribution in [0.1, 0.15) is 11.5 Å². The molecule has 1 aromatic carbocycles. The molecule has 6 heteroatoms. The third-order valence-corrected chi connectivity index (χ3v) is 4.51. The van der Waals surface area contributed by atoms with Gasteiger partial charge in [-0.3, -0.25) is 4.98 Å². The summed E-state index contributed by atoms with van der Waals surface area (Å²) in [4.78, 5) is 9.64. The first kappa shape index (κ1) is 13.5. The molecule has 0 spiro atoms. The van der Waals surface area contributed by atoms with E-state index >= 15 is 0 Å². The molecule has 0 saturated carbocycles. The molecule has 0 atom stereocenters. The van der Waals surface area contributed by atoms with Crippen molar-refractivity contribution in [2.24, 2.45) is 0 Å². The number of rotatable bonds is 2. The van der Waals surface area contributed by atoms with Gasteiger partial charge in [0.15, 0.2) is 0 Å². The number of oxazole rings is 1. The van der Waals surface area contributed by atoms with Crippen molar-refractivity contribution in [1.29, 1.82) is 0 Å².